The van der Waals surface area contributed by atoms with Gasteiger partial charge in [0.1, 0.15) is 22.9 Å². The first-order chi connectivity index (χ1) is 13.5. The maximum absolute atomic E-state index is 13.0. The molecule has 0 bridgehead atoms. The fourth-order valence-corrected chi connectivity index (χ4v) is 3.00. The summed E-state index contributed by atoms with van der Waals surface area (Å²) in [6.07, 6.45) is 0. The average molecular weight is 381 g/mol. The lowest BCUT2D eigenvalue weighted by molar-refractivity contribution is 0.395. The molecule has 7 nitrogen and oxygen atoms in total. The molecule has 1 heterocycles. The van der Waals surface area contributed by atoms with E-state index in [4.69, 9.17) is 14.2 Å². The topological polar surface area (TPSA) is 77.8 Å². The molecule has 0 aliphatic carbocycles. The van der Waals surface area contributed by atoms with E-state index >= 15 is 0 Å². The lowest BCUT2D eigenvalue weighted by atomic mass is 10.1. The molecule has 0 saturated heterocycles. The Hall–Kier alpha value is -3.48. The summed E-state index contributed by atoms with van der Waals surface area (Å²) in [6, 6.07) is 12.6. The van der Waals surface area contributed by atoms with Gasteiger partial charge in [0.05, 0.1) is 38.3 Å². The molecule has 0 aliphatic rings. The smallest absolute Gasteiger partial charge is 0.280 e. The Morgan fingerprint density at radius 3 is 2.21 bits per heavy atom. The minimum Gasteiger partial charge on any atom is -0.497 e. The van der Waals surface area contributed by atoms with Crippen molar-refractivity contribution >= 4 is 11.4 Å². The summed E-state index contributed by atoms with van der Waals surface area (Å²) in [5.74, 6) is 1.97. The molecule has 0 unspecified atom stereocenters. The van der Waals surface area contributed by atoms with Crippen LogP contribution < -0.4 is 19.8 Å². The van der Waals surface area contributed by atoms with Crippen LogP contribution in [0, 0.1) is 6.92 Å². The van der Waals surface area contributed by atoms with Gasteiger partial charge < -0.3 is 14.2 Å². The highest BCUT2D eigenvalue weighted by Crippen LogP contribution is 2.32. The van der Waals surface area contributed by atoms with Crippen molar-refractivity contribution in [3.63, 3.8) is 0 Å². The van der Waals surface area contributed by atoms with Crippen LogP contribution in [0.2, 0.25) is 0 Å². The molecule has 0 fully saturated rings. The van der Waals surface area contributed by atoms with Gasteiger partial charge in [-0.05, 0) is 50.2 Å². The largest absolute Gasteiger partial charge is 0.497 e. The highest BCUT2D eigenvalue weighted by Gasteiger charge is 2.16. The standard InChI is InChI=1S/C21H23N3O4/c1-13(22-18-11-10-17(27-4)12-19(18)28-5)20-14(2)23-24(21(20)25)15-6-8-16(26-3)9-7-15/h6-12,23H,1-5H3. The lowest BCUT2D eigenvalue weighted by Crippen LogP contribution is -2.19. The number of hydrogen-bond acceptors (Lipinski definition) is 5. The molecule has 146 valence electrons. The molecule has 3 aromatic rings. The predicted molar refractivity (Wildman–Crippen MR) is 109 cm³/mol. The number of nitrogens with one attached hydrogen (secondary N) is 1. The number of aliphatic imine (C=N–C) groups is 1. The number of aryl methyl sites for hydroxylation is 1. The first-order valence-corrected chi connectivity index (χ1v) is 8.72. The predicted octanol–water partition coefficient (Wildman–Crippen LogP) is 3.64. The second-order valence-electron chi connectivity index (χ2n) is 6.19. The maximum atomic E-state index is 13.0. The van der Waals surface area contributed by atoms with E-state index in [0.717, 1.165) is 17.1 Å². The molecular weight excluding hydrogens is 358 g/mol. The molecule has 0 spiro atoms. The van der Waals surface area contributed by atoms with Gasteiger partial charge in [-0.25, -0.2) is 9.67 Å². The van der Waals surface area contributed by atoms with Gasteiger partial charge in [0.25, 0.3) is 5.56 Å². The van der Waals surface area contributed by atoms with Crippen LogP contribution in [-0.4, -0.2) is 36.8 Å². The van der Waals surface area contributed by atoms with Crippen molar-refractivity contribution in [1.29, 1.82) is 0 Å². The SMILES string of the molecule is COc1ccc(-n2[nH]c(C)c(C(C)=Nc3ccc(OC)cc3OC)c2=O)cc1. The number of benzene rings is 2. The Morgan fingerprint density at radius 2 is 1.61 bits per heavy atom. The Bertz CT molecular complexity index is 1060. The second kappa shape index (κ2) is 8.04. The van der Waals surface area contributed by atoms with Gasteiger partial charge in [0, 0.05) is 11.8 Å². The maximum Gasteiger partial charge on any atom is 0.280 e. The van der Waals surface area contributed by atoms with Gasteiger partial charge in [-0.3, -0.25) is 9.89 Å². The third-order valence-electron chi connectivity index (χ3n) is 4.44. The molecule has 0 atom stereocenters. The number of hydrogen-bond donors (Lipinski definition) is 1. The zero-order chi connectivity index (χ0) is 20.3. The lowest BCUT2D eigenvalue weighted by Gasteiger charge is -2.08. The van der Waals surface area contributed by atoms with Crippen LogP contribution in [0.3, 0.4) is 0 Å². The summed E-state index contributed by atoms with van der Waals surface area (Å²) in [5, 5.41) is 3.11. The van der Waals surface area contributed by atoms with E-state index in [2.05, 4.69) is 10.1 Å². The van der Waals surface area contributed by atoms with Gasteiger partial charge in [0.15, 0.2) is 0 Å². The molecule has 3 rings (SSSR count). The monoisotopic (exact) mass is 381 g/mol. The number of nitrogens with zero attached hydrogens (tertiary/aromatic N) is 2. The second-order valence-corrected chi connectivity index (χ2v) is 6.19. The van der Waals surface area contributed by atoms with Crippen molar-refractivity contribution in [2.24, 2.45) is 4.99 Å². The van der Waals surface area contributed by atoms with Gasteiger partial charge in [-0.1, -0.05) is 0 Å². The highest BCUT2D eigenvalue weighted by molar-refractivity contribution is 6.01. The van der Waals surface area contributed by atoms with Crippen molar-refractivity contribution in [3.8, 4) is 22.9 Å². The first-order valence-electron chi connectivity index (χ1n) is 8.72. The van der Waals surface area contributed by atoms with Crippen molar-refractivity contribution in [2.45, 2.75) is 13.8 Å². The van der Waals surface area contributed by atoms with Crippen molar-refractivity contribution in [2.75, 3.05) is 21.3 Å². The summed E-state index contributed by atoms with van der Waals surface area (Å²) in [6.45, 7) is 3.65. The van der Waals surface area contributed by atoms with Crippen LogP contribution in [0.4, 0.5) is 5.69 Å². The van der Waals surface area contributed by atoms with Crippen LogP contribution >= 0.6 is 0 Å². The molecule has 0 amide bonds. The Balaban J connectivity index is 2.03. The minimum atomic E-state index is -0.170. The fourth-order valence-electron chi connectivity index (χ4n) is 3.00. The molecule has 0 radical (unpaired) electrons. The molecule has 1 aromatic heterocycles. The zero-order valence-corrected chi connectivity index (χ0v) is 16.6. The molecule has 0 saturated carbocycles. The zero-order valence-electron chi connectivity index (χ0n) is 16.6. The van der Waals surface area contributed by atoms with Crippen LogP contribution in [0.5, 0.6) is 17.2 Å². The minimum absolute atomic E-state index is 0.170. The molecule has 1 N–H and O–H groups in total. The summed E-state index contributed by atoms with van der Waals surface area (Å²) >= 11 is 0. The molecule has 7 heteroatoms. The number of aromatic amines is 1. The first kappa shape index (κ1) is 19.3. The number of aromatic nitrogens is 2. The van der Waals surface area contributed by atoms with Crippen LogP contribution in [0.25, 0.3) is 5.69 Å². The van der Waals surface area contributed by atoms with E-state index in [9.17, 15) is 4.79 Å². The number of H-pyrrole nitrogens is 1. The summed E-state index contributed by atoms with van der Waals surface area (Å²) in [7, 11) is 4.76. The van der Waals surface area contributed by atoms with Crippen LogP contribution in [-0.2, 0) is 0 Å². The van der Waals surface area contributed by atoms with E-state index in [1.54, 1.807) is 58.6 Å². The van der Waals surface area contributed by atoms with Gasteiger partial charge >= 0.3 is 0 Å². The van der Waals surface area contributed by atoms with Gasteiger partial charge in [-0.2, -0.15) is 0 Å². The van der Waals surface area contributed by atoms with Gasteiger partial charge in [-0.15, -0.1) is 0 Å². The Labute approximate surface area is 163 Å². The number of rotatable bonds is 6. The van der Waals surface area contributed by atoms with Crippen molar-refractivity contribution in [1.82, 2.24) is 9.78 Å². The average Bonchev–Trinajstić information content (AvgIpc) is 3.02. The van der Waals surface area contributed by atoms with E-state index in [1.165, 1.54) is 4.68 Å². The summed E-state index contributed by atoms with van der Waals surface area (Å²) < 4.78 is 17.3. The third-order valence-corrected chi connectivity index (χ3v) is 4.44. The van der Waals surface area contributed by atoms with E-state index < -0.39 is 0 Å². The van der Waals surface area contributed by atoms with Crippen LogP contribution in [0.1, 0.15) is 18.2 Å². The Kier molecular flexibility index (Phi) is 5.54. The van der Waals surface area contributed by atoms with Crippen molar-refractivity contribution < 1.29 is 14.2 Å². The number of ether oxygens (including phenoxy) is 3. The number of methoxy groups -OCH3 is 3. The van der Waals surface area contributed by atoms with E-state index in [-0.39, 0.29) is 5.56 Å². The van der Waals surface area contributed by atoms with Crippen molar-refractivity contribution in [3.05, 3.63) is 64.1 Å². The summed E-state index contributed by atoms with van der Waals surface area (Å²) in [5.41, 5.74) is 3.01. The fraction of sp³-hybridized carbons (Fsp3) is 0.238. The quantitative estimate of drug-likeness (QED) is 0.661. The van der Waals surface area contributed by atoms with Gasteiger partial charge in [0.2, 0.25) is 0 Å². The Morgan fingerprint density at radius 1 is 0.964 bits per heavy atom. The van der Waals surface area contributed by atoms with Crippen LogP contribution in [0.15, 0.2) is 52.3 Å². The highest BCUT2D eigenvalue weighted by atomic mass is 16.5. The normalized spacial score (nSPS) is 11.4. The molecule has 28 heavy (non-hydrogen) atoms. The summed E-state index contributed by atoms with van der Waals surface area (Å²) in [4.78, 5) is 17.6. The molecular formula is C21H23N3O4. The molecule has 2 aromatic carbocycles. The molecule has 0 aliphatic heterocycles. The van der Waals surface area contributed by atoms with E-state index in [0.29, 0.717) is 28.5 Å². The van der Waals surface area contributed by atoms with E-state index in [1.807, 2.05) is 19.1 Å². The third kappa shape index (κ3) is 3.64.